The Bertz CT molecular complexity index is 354. The first-order chi connectivity index (χ1) is 6.73. The van der Waals surface area contributed by atoms with Crippen molar-refractivity contribution in [3.8, 4) is 24.7 Å². The molecule has 14 heavy (non-hydrogen) atoms. The van der Waals surface area contributed by atoms with Crippen molar-refractivity contribution in [3.05, 3.63) is 30.1 Å². The van der Waals surface area contributed by atoms with Gasteiger partial charge in [-0.15, -0.1) is 24.7 Å². The van der Waals surface area contributed by atoms with E-state index in [2.05, 4.69) is 16.8 Å². The second-order valence-electron chi connectivity index (χ2n) is 3.04. The average Bonchev–Trinajstić information content (AvgIpc) is 2.20. The molecule has 0 aliphatic rings. The molecule has 0 aliphatic heterocycles. The largest absolute Gasteiger partial charge is 0.383 e. The van der Waals surface area contributed by atoms with Gasteiger partial charge in [-0.25, -0.2) is 0 Å². The molecule has 1 aromatic heterocycles. The molecule has 0 amide bonds. The molecule has 0 bridgehead atoms. The maximum absolute atomic E-state index is 10.2. The Morgan fingerprint density at radius 2 is 2.00 bits per heavy atom. The van der Waals surface area contributed by atoms with Gasteiger partial charge >= 0.3 is 0 Å². The van der Waals surface area contributed by atoms with E-state index in [0.717, 1.165) is 0 Å². The highest BCUT2D eigenvalue weighted by molar-refractivity contribution is 5.22. The molecule has 0 saturated carbocycles. The fourth-order valence-electron chi connectivity index (χ4n) is 1.24. The van der Waals surface area contributed by atoms with Crippen molar-refractivity contribution in [1.29, 1.82) is 0 Å². The third kappa shape index (κ3) is 2.13. The van der Waals surface area contributed by atoms with Crippen LogP contribution in [0.2, 0.25) is 0 Å². The average molecular weight is 185 g/mol. The first-order valence-corrected chi connectivity index (χ1v) is 4.23. The zero-order chi connectivity index (χ0) is 10.4. The highest BCUT2D eigenvalue weighted by Gasteiger charge is 2.27. The molecule has 1 aromatic rings. The van der Waals surface area contributed by atoms with Gasteiger partial charge in [-0.05, 0) is 6.07 Å². The summed E-state index contributed by atoms with van der Waals surface area (Å²) in [7, 11) is 0. The summed E-state index contributed by atoms with van der Waals surface area (Å²) in [4.78, 5) is 3.92. The fraction of sp³-hybridized carbons (Fsp3) is 0.250. The third-order valence-electron chi connectivity index (χ3n) is 1.99. The van der Waals surface area contributed by atoms with Gasteiger partial charge in [0.2, 0.25) is 0 Å². The number of hydrogen-bond acceptors (Lipinski definition) is 2. The number of terminal acetylenes is 2. The van der Waals surface area contributed by atoms with Crippen LogP contribution >= 0.6 is 0 Å². The van der Waals surface area contributed by atoms with E-state index in [1.54, 1.807) is 24.5 Å². The molecule has 0 fully saturated rings. The van der Waals surface area contributed by atoms with Crippen LogP contribution in [-0.2, 0) is 5.60 Å². The van der Waals surface area contributed by atoms with E-state index in [-0.39, 0.29) is 12.8 Å². The van der Waals surface area contributed by atoms with E-state index in [1.165, 1.54) is 0 Å². The Morgan fingerprint density at radius 3 is 2.43 bits per heavy atom. The summed E-state index contributed by atoms with van der Waals surface area (Å²) in [6, 6.07) is 3.51. The van der Waals surface area contributed by atoms with E-state index in [4.69, 9.17) is 12.8 Å². The topological polar surface area (TPSA) is 33.1 Å². The maximum atomic E-state index is 10.2. The van der Waals surface area contributed by atoms with Crippen molar-refractivity contribution in [3.63, 3.8) is 0 Å². The van der Waals surface area contributed by atoms with Crippen molar-refractivity contribution in [2.45, 2.75) is 18.4 Å². The quantitative estimate of drug-likeness (QED) is 0.720. The van der Waals surface area contributed by atoms with Gasteiger partial charge < -0.3 is 5.11 Å². The van der Waals surface area contributed by atoms with Gasteiger partial charge in [0.05, 0.1) is 0 Å². The Hall–Kier alpha value is -1.77. The SMILES string of the molecule is C#CCC(O)(CC#C)c1cccnc1. The van der Waals surface area contributed by atoms with Gasteiger partial charge in [0.15, 0.2) is 0 Å². The molecular formula is C12H11NO. The monoisotopic (exact) mass is 185 g/mol. The summed E-state index contributed by atoms with van der Waals surface area (Å²) < 4.78 is 0. The predicted octanol–water partition coefficient (Wildman–Crippen LogP) is 1.32. The molecule has 0 unspecified atom stereocenters. The molecule has 2 nitrogen and oxygen atoms in total. The lowest BCUT2D eigenvalue weighted by molar-refractivity contribution is 0.0471. The lowest BCUT2D eigenvalue weighted by atomic mass is 9.89. The van der Waals surface area contributed by atoms with Crippen LogP contribution in [0.5, 0.6) is 0 Å². The Balaban J connectivity index is 3.02. The van der Waals surface area contributed by atoms with Crippen LogP contribution < -0.4 is 0 Å². The summed E-state index contributed by atoms with van der Waals surface area (Å²) >= 11 is 0. The van der Waals surface area contributed by atoms with Gasteiger partial charge in [-0.1, -0.05) is 6.07 Å². The van der Waals surface area contributed by atoms with Crippen LogP contribution in [0, 0.1) is 24.7 Å². The Labute approximate surface area is 84.0 Å². The van der Waals surface area contributed by atoms with E-state index in [0.29, 0.717) is 5.56 Å². The zero-order valence-electron chi connectivity index (χ0n) is 7.77. The summed E-state index contributed by atoms with van der Waals surface area (Å²) in [5.74, 6) is 4.84. The lowest BCUT2D eigenvalue weighted by Gasteiger charge is -2.23. The maximum Gasteiger partial charge on any atom is 0.113 e. The predicted molar refractivity (Wildman–Crippen MR) is 55.0 cm³/mol. The molecule has 0 atom stereocenters. The lowest BCUT2D eigenvalue weighted by Crippen LogP contribution is -2.24. The third-order valence-corrected chi connectivity index (χ3v) is 1.99. The number of aliphatic hydroxyl groups is 1. The van der Waals surface area contributed by atoms with Gasteiger partial charge in [0.1, 0.15) is 5.60 Å². The minimum atomic E-state index is -1.14. The first-order valence-electron chi connectivity index (χ1n) is 4.23. The van der Waals surface area contributed by atoms with Gasteiger partial charge in [0.25, 0.3) is 0 Å². The molecule has 2 heteroatoms. The van der Waals surface area contributed by atoms with Crippen molar-refractivity contribution in [2.24, 2.45) is 0 Å². The summed E-state index contributed by atoms with van der Waals surface area (Å²) in [5.41, 5.74) is -0.478. The van der Waals surface area contributed by atoms with Gasteiger partial charge in [0, 0.05) is 30.8 Å². The van der Waals surface area contributed by atoms with Crippen LogP contribution in [0.25, 0.3) is 0 Å². The van der Waals surface area contributed by atoms with Gasteiger partial charge in [-0.3, -0.25) is 4.98 Å². The molecule has 0 aromatic carbocycles. The highest BCUT2D eigenvalue weighted by Crippen LogP contribution is 2.27. The smallest absolute Gasteiger partial charge is 0.113 e. The highest BCUT2D eigenvalue weighted by atomic mass is 16.3. The number of rotatable bonds is 3. The molecular weight excluding hydrogens is 174 g/mol. The van der Waals surface area contributed by atoms with Crippen LogP contribution in [0.4, 0.5) is 0 Å². The van der Waals surface area contributed by atoms with Crippen LogP contribution in [-0.4, -0.2) is 10.1 Å². The van der Waals surface area contributed by atoms with E-state index in [9.17, 15) is 5.11 Å². The molecule has 0 spiro atoms. The van der Waals surface area contributed by atoms with E-state index >= 15 is 0 Å². The summed E-state index contributed by atoms with van der Waals surface area (Å²) in [5, 5.41) is 10.2. The second kappa shape index (κ2) is 4.46. The molecule has 0 radical (unpaired) electrons. The van der Waals surface area contributed by atoms with Gasteiger partial charge in [-0.2, -0.15) is 0 Å². The van der Waals surface area contributed by atoms with Crippen molar-refractivity contribution in [2.75, 3.05) is 0 Å². The summed E-state index contributed by atoms with van der Waals surface area (Å²) in [6.45, 7) is 0. The number of aromatic nitrogens is 1. The van der Waals surface area contributed by atoms with Crippen molar-refractivity contribution < 1.29 is 5.11 Å². The summed E-state index contributed by atoms with van der Waals surface area (Å²) in [6.07, 6.45) is 14.0. The van der Waals surface area contributed by atoms with E-state index in [1.807, 2.05) is 0 Å². The van der Waals surface area contributed by atoms with Crippen molar-refractivity contribution in [1.82, 2.24) is 4.98 Å². The van der Waals surface area contributed by atoms with Crippen molar-refractivity contribution >= 4 is 0 Å². The van der Waals surface area contributed by atoms with Crippen LogP contribution in [0.1, 0.15) is 18.4 Å². The number of nitrogens with zero attached hydrogens (tertiary/aromatic N) is 1. The molecule has 0 saturated heterocycles. The molecule has 1 N–H and O–H groups in total. The van der Waals surface area contributed by atoms with Crippen LogP contribution in [0.15, 0.2) is 24.5 Å². The first kappa shape index (κ1) is 10.3. The fourth-order valence-corrected chi connectivity index (χ4v) is 1.24. The molecule has 1 rings (SSSR count). The van der Waals surface area contributed by atoms with Crippen LogP contribution in [0.3, 0.4) is 0 Å². The Kier molecular flexibility index (Phi) is 3.29. The minimum Gasteiger partial charge on any atom is -0.383 e. The zero-order valence-corrected chi connectivity index (χ0v) is 7.77. The standard InChI is InChI=1S/C12H11NO/c1-3-7-12(14,8-4-2)11-6-5-9-13-10-11/h1-2,5-6,9-10,14H,7-8H2. The molecule has 1 heterocycles. The number of pyridine rings is 1. The molecule has 0 aliphatic carbocycles. The van der Waals surface area contributed by atoms with E-state index < -0.39 is 5.60 Å². The number of hydrogen-bond donors (Lipinski definition) is 1. The molecule has 70 valence electrons. The second-order valence-corrected chi connectivity index (χ2v) is 3.04. The Morgan fingerprint density at radius 1 is 1.36 bits per heavy atom. The minimum absolute atomic E-state index is 0.197. The normalized spacial score (nSPS) is 10.2.